The summed E-state index contributed by atoms with van der Waals surface area (Å²) in [6, 6.07) is 11.1. The Morgan fingerprint density at radius 1 is 1.04 bits per heavy atom. The third kappa shape index (κ3) is 3.85. The van der Waals surface area contributed by atoms with E-state index in [0.717, 1.165) is 16.9 Å². The summed E-state index contributed by atoms with van der Waals surface area (Å²) in [5.74, 6) is 1.18. The van der Waals surface area contributed by atoms with Gasteiger partial charge in [0.25, 0.3) is 5.91 Å². The molecule has 0 aliphatic rings. The summed E-state index contributed by atoms with van der Waals surface area (Å²) in [5, 5.41) is 3.08. The van der Waals surface area contributed by atoms with Crippen molar-refractivity contribution in [1.29, 1.82) is 0 Å². The highest BCUT2D eigenvalue weighted by Crippen LogP contribution is 2.24. The molecule has 6 heteroatoms. The Morgan fingerprint density at radius 3 is 2.31 bits per heavy atom. The predicted molar refractivity (Wildman–Crippen MR) is 98.0 cm³/mol. The maximum atomic E-state index is 12.8. The first-order valence-electron chi connectivity index (χ1n) is 8.23. The van der Waals surface area contributed by atoms with Crippen LogP contribution in [0.15, 0.2) is 55.0 Å². The van der Waals surface area contributed by atoms with Crippen LogP contribution in [0.1, 0.15) is 39.0 Å². The van der Waals surface area contributed by atoms with E-state index in [9.17, 15) is 4.79 Å². The quantitative estimate of drug-likeness (QED) is 0.767. The largest absolute Gasteiger partial charge is 0.497 e. The van der Waals surface area contributed by atoms with Crippen molar-refractivity contribution in [3.05, 3.63) is 83.2 Å². The maximum absolute atomic E-state index is 12.8. The minimum atomic E-state index is -0.322. The van der Waals surface area contributed by atoms with E-state index in [1.54, 1.807) is 39.5 Å². The van der Waals surface area contributed by atoms with Crippen LogP contribution < -0.4 is 10.1 Å². The zero-order valence-corrected chi connectivity index (χ0v) is 14.9. The van der Waals surface area contributed by atoms with Gasteiger partial charge in [-0.15, -0.1) is 0 Å². The van der Waals surface area contributed by atoms with Gasteiger partial charge in [-0.25, -0.2) is 9.97 Å². The predicted octanol–water partition coefficient (Wildman–Crippen LogP) is 3.02. The van der Waals surface area contributed by atoms with Gasteiger partial charge in [0.2, 0.25) is 0 Å². The Hall–Kier alpha value is -3.28. The standard InChI is InChI=1S/C20H20N4O2/c1-13-18(12-22-14(2)23-13)20(25)24-19(16-8-10-21-11-9-16)15-4-6-17(26-3)7-5-15/h4-12,19H,1-3H3,(H,24,25)/t19-/m1/s1. The number of amides is 1. The number of methoxy groups -OCH3 is 1. The number of rotatable bonds is 5. The maximum Gasteiger partial charge on any atom is 0.255 e. The minimum absolute atomic E-state index is 0.222. The summed E-state index contributed by atoms with van der Waals surface area (Å²) < 4.78 is 5.22. The van der Waals surface area contributed by atoms with Crippen molar-refractivity contribution in [3.63, 3.8) is 0 Å². The number of hydrogen-bond acceptors (Lipinski definition) is 5. The highest BCUT2D eigenvalue weighted by atomic mass is 16.5. The zero-order valence-electron chi connectivity index (χ0n) is 14.9. The first kappa shape index (κ1) is 17.5. The molecule has 0 fully saturated rings. The van der Waals surface area contributed by atoms with Gasteiger partial charge in [0.05, 0.1) is 24.4 Å². The van der Waals surface area contributed by atoms with Gasteiger partial charge in [0.1, 0.15) is 11.6 Å². The summed E-state index contributed by atoms with van der Waals surface area (Å²) in [4.78, 5) is 25.3. The van der Waals surface area contributed by atoms with Crippen molar-refractivity contribution in [2.24, 2.45) is 0 Å². The number of benzene rings is 1. The van der Waals surface area contributed by atoms with Gasteiger partial charge >= 0.3 is 0 Å². The van der Waals surface area contributed by atoms with Crippen LogP contribution >= 0.6 is 0 Å². The molecule has 0 saturated heterocycles. The average Bonchev–Trinajstić information content (AvgIpc) is 2.67. The Kier molecular flexibility index (Phi) is 5.22. The number of aryl methyl sites for hydroxylation is 2. The number of ether oxygens (including phenoxy) is 1. The van der Waals surface area contributed by atoms with E-state index in [1.165, 1.54) is 0 Å². The number of carbonyl (C=O) groups is 1. The zero-order chi connectivity index (χ0) is 18.5. The van der Waals surface area contributed by atoms with Crippen LogP contribution in [-0.2, 0) is 0 Å². The lowest BCUT2D eigenvalue weighted by Crippen LogP contribution is -2.30. The molecule has 3 aromatic rings. The van der Waals surface area contributed by atoms with Crippen molar-refractivity contribution < 1.29 is 9.53 Å². The SMILES string of the molecule is COc1ccc([C@@H](NC(=O)c2cnc(C)nc2C)c2ccncc2)cc1. The van der Waals surface area contributed by atoms with E-state index >= 15 is 0 Å². The molecule has 26 heavy (non-hydrogen) atoms. The van der Waals surface area contributed by atoms with Crippen molar-refractivity contribution in [2.45, 2.75) is 19.9 Å². The molecular weight excluding hydrogens is 328 g/mol. The molecule has 2 aromatic heterocycles. The number of pyridine rings is 1. The van der Waals surface area contributed by atoms with Crippen LogP contribution in [0.5, 0.6) is 5.75 Å². The topological polar surface area (TPSA) is 77.0 Å². The molecule has 0 aliphatic carbocycles. The van der Waals surface area contributed by atoms with E-state index in [2.05, 4.69) is 20.3 Å². The fourth-order valence-electron chi connectivity index (χ4n) is 2.73. The van der Waals surface area contributed by atoms with Crippen molar-refractivity contribution in [1.82, 2.24) is 20.3 Å². The number of aromatic nitrogens is 3. The van der Waals surface area contributed by atoms with Gasteiger partial charge in [-0.2, -0.15) is 0 Å². The molecule has 0 unspecified atom stereocenters. The third-order valence-corrected chi connectivity index (χ3v) is 4.11. The van der Waals surface area contributed by atoms with Crippen molar-refractivity contribution in [2.75, 3.05) is 7.11 Å². The van der Waals surface area contributed by atoms with Gasteiger partial charge in [0, 0.05) is 18.6 Å². The molecule has 6 nitrogen and oxygen atoms in total. The Bertz CT molecular complexity index is 895. The summed E-state index contributed by atoms with van der Waals surface area (Å²) in [7, 11) is 1.62. The lowest BCUT2D eigenvalue weighted by molar-refractivity contribution is 0.0941. The summed E-state index contributed by atoms with van der Waals surface area (Å²) in [6.07, 6.45) is 4.97. The van der Waals surface area contributed by atoms with Crippen molar-refractivity contribution >= 4 is 5.91 Å². The van der Waals surface area contributed by atoms with Gasteiger partial charge in [-0.1, -0.05) is 12.1 Å². The Balaban J connectivity index is 1.94. The van der Waals surface area contributed by atoms with Crippen molar-refractivity contribution in [3.8, 4) is 5.75 Å². The molecule has 0 radical (unpaired) electrons. The lowest BCUT2D eigenvalue weighted by atomic mass is 9.99. The average molecular weight is 348 g/mol. The second-order valence-electron chi connectivity index (χ2n) is 5.88. The van der Waals surface area contributed by atoms with Crippen LogP contribution in [0.2, 0.25) is 0 Å². The molecule has 0 saturated carbocycles. The number of nitrogens with one attached hydrogen (secondary N) is 1. The summed E-state index contributed by atoms with van der Waals surface area (Å²) in [5.41, 5.74) is 2.99. The smallest absolute Gasteiger partial charge is 0.255 e. The second-order valence-corrected chi connectivity index (χ2v) is 5.88. The number of hydrogen-bond donors (Lipinski definition) is 1. The third-order valence-electron chi connectivity index (χ3n) is 4.11. The summed E-state index contributed by atoms with van der Waals surface area (Å²) in [6.45, 7) is 3.60. The number of nitrogens with zero attached hydrogens (tertiary/aromatic N) is 3. The second kappa shape index (κ2) is 7.74. The Labute approximate surface area is 152 Å². The highest BCUT2D eigenvalue weighted by molar-refractivity contribution is 5.95. The van der Waals surface area contributed by atoms with Crippen LogP contribution in [-0.4, -0.2) is 28.0 Å². The van der Waals surface area contributed by atoms with E-state index in [-0.39, 0.29) is 11.9 Å². The molecule has 0 aliphatic heterocycles. The molecule has 3 rings (SSSR count). The first-order valence-corrected chi connectivity index (χ1v) is 8.23. The van der Waals surface area contributed by atoms with Crippen LogP contribution in [0, 0.1) is 13.8 Å². The Morgan fingerprint density at radius 2 is 1.69 bits per heavy atom. The van der Waals surface area contributed by atoms with E-state index in [1.807, 2.05) is 36.4 Å². The van der Waals surface area contributed by atoms with Gasteiger partial charge in [0.15, 0.2) is 0 Å². The molecule has 1 N–H and O–H groups in total. The van der Waals surface area contributed by atoms with Crippen LogP contribution in [0.25, 0.3) is 0 Å². The highest BCUT2D eigenvalue weighted by Gasteiger charge is 2.20. The monoisotopic (exact) mass is 348 g/mol. The lowest BCUT2D eigenvalue weighted by Gasteiger charge is -2.20. The normalized spacial score (nSPS) is 11.7. The fourth-order valence-corrected chi connectivity index (χ4v) is 2.73. The van der Waals surface area contributed by atoms with Gasteiger partial charge in [-0.3, -0.25) is 9.78 Å². The first-order chi connectivity index (χ1) is 12.6. The van der Waals surface area contributed by atoms with Gasteiger partial charge < -0.3 is 10.1 Å². The molecule has 1 aromatic carbocycles. The molecular formula is C20H20N4O2. The molecule has 2 heterocycles. The van der Waals surface area contributed by atoms with Crippen LogP contribution in [0.4, 0.5) is 0 Å². The molecule has 1 amide bonds. The molecule has 132 valence electrons. The van der Waals surface area contributed by atoms with E-state index < -0.39 is 0 Å². The number of carbonyl (C=O) groups excluding carboxylic acids is 1. The summed E-state index contributed by atoms with van der Waals surface area (Å²) >= 11 is 0. The van der Waals surface area contributed by atoms with Gasteiger partial charge in [-0.05, 0) is 49.2 Å². The molecule has 0 bridgehead atoms. The molecule has 0 spiro atoms. The van der Waals surface area contributed by atoms with E-state index in [0.29, 0.717) is 17.1 Å². The van der Waals surface area contributed by atoms with E-state index in [4.69, 9.17) is 4.74 Å². The minimum Gasteiger partial charge on any atom is -0.497 e. The molecule has 1 atom stereocenters. The fraction of sp³-hybridized carbons (Fsp3) is 0.200. The van der Waals surface area contributed by atoms with Crippen LogP contribution in [0.3, 0.4) is 0 Å².